The molecule has 0 aliphatic carbocycles. The molecule has 0 spiro atoms. The van der Waals surface area contributed by atoms with Crippen LogP contribution in [0.3, 0.4) is 0 Å². The van der Waals surface area contributed by atoms with Gasteiger partial charge in [0.25, 0.3) is 5.91 Å². The summed E-state index contributed by atoms with van der Waals surface area (Å²) in [6.45, 7) is 4.14. The molecule has 2 N–H and O–H groups in total. The highest BCUT2D eigenvalue weighted by Crippen LogP contribution is 2.22. The minimum Gasteiger partial charge on any atom is -0.492 e. The molecule has 154 valence electrons. The second-order valence-electron chi connectivity index (χ2n) is 7.26. The molecule has 0 aliphatic rings. The van der Waals surface area contributed by atoms with E-state index in [4.69, 9.17) is 4.74 Å². The van der Waals surface area contributed by atoms with Crippen molar-refractivity contribution in [3.05, 3.63) is 90.0 Å². The van der Waals surface area contributed by atoms with Gasteiger partial charge in [0.2, 0.25) is 5.91 Å². The Morgan fingerprint density at radius 1 is 0.833 bits per heavy atom. The van der Waals surface area contributed by atoms with E-state index in [1.165, 1.54) is 5.56 Å². The Hall–Kier alpha value is -3.60. The number of amides is 2. The topological polar surface area (TPSA) is 67.4 Å². The third-order valence-electron chi connectivity index (χ3n) is 4.54. The van der Waals surface area contributed by atoms with Crippen molar-refractivity contribution < 1.29 is 14.3 Å². The van der Waals surface area contributed by atoms with Gasteiger partial charge in [0.15, 0.2) is 0 Å². The molecule has 3 aromatic carbocycles. The van der Waals surface area contributed by atoms with Crippen molar-refractivity contribution in [2.45, 2.75) is 20.3 Å². The highest BCUT2D eigenvalue weighted by molar-refractivity contribution is 6.06. The first-order valence-corrected chi connectivity index (χ1v) is 10.0. The normalized spacial score (nSPS) is 10.5. The lowest BCUT2D eigenvalue weighted by atomic mass is 10.1. The van der Waals surface area contributed by atoms with Crippen molar-refractivity contribution in [2.75, 3.05) is 17.2 Å². The first kappa shape index (κ1) is 21.1. The molecule has 0 fully saturated rings. The Labute approximate surface area is 177 Å². The van der Waals surface area contributed by atoms with Crippen molar-refractivity contribution in [3.8, 4) is 5.75 Å². The van der Waals surface area contributed by atoms with E-state index in [-0.39, 0.29) is 17.7 Å². The molecule has 2 amide bonds. The molecule has 0 heterocycles. The van der Waals surface area contributed by atoms with Crippen LogP contribution in [0.4, 0.5) is 11.4 Å². The molecule has 3 rings (SSSR count). The molecule has 0 aromatic heterocycles. The van der Waals surface area contributed by atoms with Crippen molar-refractivity contribution in [1.82, 2.24) is 0 Å². The first-order chi connectivity index (χ1) is 14.5. The van der Waals surface area contributed by atoms with Gasteiger partial charge in [0, 0.05) is 23.7 Å². The van der Waals surface area contributed by atoms with Crippen LogP contribution in [0.5, 0.6) is 5.75 Å². The predicted molar refractivity (Wildman–Crippen MR) is 120 cm³/mol. The zero-order chi connectivity index (χ0) is 21.3. The van der Waals surface area contributed by atoms with E-state index >= 15 is 0 Å². The predicted octanol–water partition coefficient (Wildman–Crippen LogP) is 5.15. The van der Waals surface area contributed by atoms with Crippen LogP contribution in [0.25, 0.3) is 0 Å². The van der Waals surface area contributed by atoms with Gasteiger partial charge in [0.1, 0.15) is 5.75 Å². The maximum Gasteiger partial charge on any atom is 0.259 e. The number of anilines is 2. The fourth-order valence-electron chi connectivity index (χ4n) is 2.86. The van der Waals surface area contributed by atoms with Crippen LogP contribution in [-0.2, 0) is 11.2 Å². The average molecular weight is 402 g/mol. The maximum absolute atomic E-state index is 12.8. The Bertz CT molecular complexity index is 1000. The fourth-order valence-corrected chi connectivity index (χ4v) is 2.86. The molecule has 5 nitrogen and oxygen atoms in total. The van der Waals surface area contributed by atoms with E-state index in [0.29, 0.717) is 29.3 Å². The molecule has 0 aliphatic heterocycles. The lowest BCUT2D eigenvalue weighted by Crippen LogP contribution is -2.18. The molecule has 5 heteroatoms. The zero-order valence-electron chi connectivity index (χ0n) is 17.2. The summed E-state index contributed by atoms with van der Waals surface area (Å²) >= 11 is 0. The SMILES string of the molecule is CC(C)C(=O)Nc1cccc(NC(=O)c2ccccc2OCCc2ccccc2)c1. The second-order valence-corrected chi connectivity index (χ2v) is 7.26. The van der Waals surface area contributed by atoms with Crippen molar-refractivity contribution in [1.29, 1.82) is 0 Å². The number of hydrogen-bond donors (Lipinski definition) is 2. The van der Waals surface area contributed by atoms with Crippen LogP contribution in [-0.4, -0.2) is 18.4 Å². The van der Waals surface area contributed by atoms with Gasteiger partial charge in [-0.15, -0.1) is 0 Å². The lowest BCUT2D eigenvalue weighted by molar-refractivity contribution is -0.118. The first-order valence-electron chi connectivity index (χ1n) is 10.0. The van der Waals surface area contributed by atoms with Crippen LogP contribution >= 0.6 is 0 Å². The number of ether oxygens (including phenoxy) is 1. The fraction of sp³-hybridized carbons (Fsp3) is 0.200. The van der Waals surface area contributed by atoms with E-state index in [1.807, 2.05) is 50.2 Å². The minimum absolute atomic E-state index is 0.0735. The van der Waals surface area contributed by atoms with Gasteiger partial charge >= 0.3 is 0 Å². The Kier molecular flexibility index (Phi) is 7.22. The molecule has 3 aromatic rings. The quantitative estimate of drug-likeness (QED) is 0.547. The molecular weight excluding hydrogens is 376 g/mol. The molecule has 0 saturated carbocycles. The van der Waals surface area contributed by atoms with Crippen LogP contribution in [0.1, 0.15) is 29.8 Å². The van der Waals surface area contributed by atoms with E-state index in [1.54, 1.807) is 42.5 Å². The van der Waals surface area contributed by atoms with Crippen molar-refractivity contribution in [2.24, 2.45) is 5.92 Å². The van der Waals surface area contributed by atoms with E-state index < -0.39 is 0 Å². The number of benzene rings is 3. The van der Waals surface area contributed by atoms with Crippen LogP contribution in [0.2, 0.25) is 0 Å². The summed E-state index contributed by atoms with van der Waals surface area (Å²) in [5, 5.41) is 5.71. The summed E-state index contributed by atoms with van der Waals surface area (Å²) in [6.07, 6.45) is 0.758. The van der Waals surface area contributed by atoms with Crippen LogP contribution in [0.15, 0.2) is 78.9 Å². The summed E-state index contributed by atoms with van der Waals surface area (Å²) < 4.78 is 5.88. The summed E-state index contributed by atoms with van der Waals surface area (Å²) in [5.41, 5.74) is 2.88. The maximum atomic E-state index is 12.8. The number of rotatable bonds is 8. The summed E-state index contributed by atoms with van der Waals surface area (Å²) in [5.74, 6) is 0.0756. The highest BCUT2D eigenvalue weighted by Gasteiger charge is 2.13. The molecule has 0 saturated heterocycles. The largest absolute Gasteiger partial charge is 0.492 e. The van der Waals surface area contributed by atoms with Crippen LogP contribution in [0, 0.1) is 5.92 Å². The molecule has 30 heavy (non-hydrogen) atoms. The van der Waals surface area contributed by atoms with Gasteiger partial charge in [-0.3, -0.25) is 9.59 Å². The molecule has 0 radical (unpaired) electrons. The standard InChI is InChI=1S/C25H26N2O3/c1-18(2)24(28)26-20-11-8-12-21(17-20)27-25(29)22-13-6-7-14-23(22)30-16-15-19-9-4-3-5-10-19/h3-14,17-18H,15-16H2,1-2H3,(H,26,28)(H,27,29). The Balaban J connectivity index is 1.65. The number of para-hydroxylation sites is 1. The molecule has 0 atom stereocenters. The van der Waals surface area contributed by atoms with Gasteiger partial charge in [-0.25, -0.2) is 0 Å². The van der Waals surface area contributed by atoms with Gasteiger partial charge in [0.05, 0.1) is 12.2 Å². The molecular formula is C25H26N2O3. The smallest absolute Gasteiger partial charge is 0.259 e. The molecule has 0 unspecified atom stereocenters. The monoisotopic (exact) mass is 402 g/mol. The van der Waals surface area contributed by atoms with E-state index in [0.717, 1.165) is 6.42 Å². The molecule has 0 bridgehead atoms. The Morgan fingerprint density at radius 2 is 1.50 bits per heavy atom. The highest BCUT2D eigenvalue weighted by atomic mass is 16.5. The van der Waals surface area contributed by atoms with Gasteiger partial charge < -0.3 is 15.4 Å². The Morgan fingerprint density at radius 3 is 2.23 bits per heavy atom. The van der Waals surface area contributed by atoms with Crippen molar-refractivity contribution in [3.63, 3.8) is 0 Å². The van der Waals surface area contributed by atoms with E-state index in [2.05, 4.69) is 10.6 Å². The number of hydrogen-bond acceptors (Lipinski definition) is 3. The van der Waals surface area contributed by atoms with Gasteiger partial charge in [-0.1, -0.05) is 62.4 Å². The average Bonchev–Trinajstić information content (AvgIpc) is 2.75. The van der Waals surface area contributed by atoms with Gasteiger partial charge in [-0.2, -0.15) is 0 Å². The third-order valence-corrected chi connectivity index (χ3v) is 4.54. The third kappa shape index (κ3) is 5.95. The number of nitrogens with one attached hydrogen (secondary N) is 2. The summed E-state index contributed by atoms with van der Waals surface area (Å²) in [6, 6.07) is 24.3. The van der Waals surface area contributed by atoms with Crippen molar-refractivity contribution >= 4 is 23.2 Å². The lowest BCUT2D eigenvalue weighted by Gasteiger charge is -2.13. The summed E-state index contributed by atoms with van der Waals surface area (Å²) in [4.78, 5) is 24.7. The number of carbonyl (C=O) groups excluding carboxylic acids is 2. The van der Waals surface area contributed by atoms with E-state index in [9.17, 15) is 9.59 Å². The second kappa shape index (κ2) is 10.3. The zero-order valence-corrected chi connectivity index (χ0v) is 17.2. The van der Waals surface area contributed by atoms with Gasteiger partial charge in [-0.05, 0) is 35.9 Å². The van der Waals surface area contributed by atoms with Crippen LogP contribution < -0.4 is 15.4 Å². The summed E-state index contributed by atoms with van der Waals surface area (Å²) in [7, 11) is 0. The minimum atomic E-state index is -0.266. The number of carbonyl (C=O) groups is 2.